The molecule has 19 heavy (non-hydrogen) atoms. The first kappa shape index (κ1) is 15.6. The van der Waals surface area contributed by atoms with Gasteiger partial charge in [0.2, 0.25) is 10.0 Å². The highest BCUT2D eigenvalue weighted by Crippen LogP contribution is 2.16. The Morgan fingerprint density at radius 3 is 2.63 bits per heavy atom. The van der Waals surface area contributed by atoms with E-state index in [4.69, 9.17) is 9.84 Å². The number of methoxy groups -OCH3 is 1. The van der Waals surface area contributed by atoms with E-state index in [2.05, 4.69) is 0 Å². The molecule has 6 nitrogen and oxygen atoms in total. The van der Waals surface area contributed by atoms with Crippen molar-refractivity contribution in [2.75, 3.05) is 26.8 Å². The lowest BCUT2D eigenvalue weighted by atomic mass is 10.2. The summed E-state index contributed by atoms with van der Waals surface area (Å²) in [5, 5.41) is 8.80. The van der Waals surface area contributed by atoms with E-state index < -0.39 is 22.5 Å². The number of hydrogen-bond donors (Lipinski definition) is 1. The summed E-state index contributed by atoms with van der Waals surface area (Å²) >= 11 is 0. The van der Waals surface area contributed by atoms with Gasteiger partial charge in [-0.25, -0.2) is 8.42 Å². The number of carboxylic acid groups (broad SMARTS) is 1. The van der Waals surface area contributed by atoms with Crippen molar-refractivity contribution in [1.82, 2.24) is 4.31 Å². The molecule has 0 saturated heterocycles. The average Bonchev–Trinajstić information content (AvgIpc) is 2.34. The van der Waals surface area contributed by atoms with Crippen LogP contribution in [-0.4, -0.2) is 50.6 Å². The van der Waals surface area contributed by atoms with Gasteiger partial charge in [-0.2, -0.15) is 4.31 Å². The second kappa shape index (κ2) is 6.65. The largest absolute Gasteiger partial charge is 0.480 e. The van der Waals surface area contributed by atoms with Crippen LogP contribution in [0.5, 0.6) is 0 Å². The van der Waals surface area contributed by atoms with Crippen LogP contribution in [0.3, 0.4) is 0 Å². The van der Waals surface area contributed by atoms with E-state index in [1.807, 2.05) is 0 Å². The van der Waals surface area contributed by atoms with E-state index >= 15 is 0 Å². The third kappa shape index (κ3) is 4.30. The van der Waals surface area contributed by atoms with Gasteiger partial charge >= 0.3 is 5.97 Å². The van der Waals surface area contributed by atoms with Gasteiger partial charge in [-0.05, 0) is 24.6 Å². The Hall–Kier alpha value is -1.44. The summed E-state index contributed by atoms with van der Waals surface area (Å²) in [4.78, 5) is 10.9. The Morgan fingerprint density at radius 2 is 2.11 bits per heavy atom. The van der Waals surface area contributed by atoms with E-state index in [9.17, 15) is 13.2 Å². The number of aryl methyl sites for hydroxylation is 1. The smallest absolute Gasteiger partial charge is 0.318 e. The summed E-state index contributed by atoms with van der Waals surface area (Å²) in [6, 6.07) is 6.36. The van der Waals surface area contributed by atoms with E-state index in [1.165, 1.54) is 19.2 Å². The zero-order valence-electron chi connectivity index (χ0n) is 10.9. The number of ether oxygens (including phenoxy) is 1. The third-order valence-electron chi connectivity index (χ3n) is 2.48. The Balaban J connectivity index is 3.07. The molecular formula is C12H17NO5S. The van der Waals surface area contributed by atoms with Crippen LogP contribution in [0.15, 0.2) is 29.2 Å². The first-order valence-electron chi connectivity index (χ1n) is 5.65. The molecule has 1 N–H and O–H groups in total. The first-order valence-corrected chi connectivity index (χ1v) is 7.09. The molecule has 0 unspecified atom stereocenters. The Labute approximate surface area is 112 Å². The van der Waals surface area contributed by atoms with Gasteiger partial charge in [0, 0.05) is 13.7 Å². The fraction of sp³-hybridized carbons (Fsp3) is 0.417. The number of carbonyl (C=O) groups is 1. The van der Waals surface area contributed by atoms with Crippen LogP contribution >= 0.6 is 0 Å². The Kier molecular flexibility index (Phi) is 5.46. The molecule has 106 valence electrons. The van der Waals surface area contributed by atoms with Crippen LogP contribution in [0.25, 0.3) is 0 Å². The van der Waals surface area contributed by atoms with Crippen LogP contribution in [0.2, 0.25) is 0 Å². The fourth-order valence-electron chi connectivity index (χ4n) is 1.55. The molecule has 1 aromatic rings. The average molecular weight is 287 g/mol. The van der Waals surface area contributed by atoms with E-state index in [1.54, 1.807) is 19.1 Å². The number of nitrogens with zero attached hydrogens (tertiary/aromatic N) is 1. The Bertz CT molecular complexity index is 541. The fourth-order valence-corrected chi connectivity index (χ4v) is 3.03. The molecule has 0 aliphatic heterocycles. The van der Waals surface area contributed by atoms with Gasteiger partial charge in [0.1, 0.15) is 6.54 Å². The molecule has 7 heteroatoms. The molecule has 0 aliphatic carbocycles. The number of rotatable bonds is 7. The maximum atomic E-state index is 12.3. The zero-order valence-corrected chi connectivity index (χ0v) is 11.7. The minimum atomic E-state index is -3.82. The molecule has 0 aliphatic rings. The van der Waals surface area contributed by atoms with Crippen LogP contribution in [0, 0.1) is 6.92 Å². The normalized spacial score (nSPS) is 11.7. The van der Waals surface area contributed by atoms with Crippen molar-refractivity contribution in [3.8, 4) is 0 Å². The summed E-state index contributed by atoms with van der Waals surface area (Å²) in [5.41, 5.74) is 0.795. The van der Waals surface area contributed by atoms with Crippen molar-refractivity contribution in [2.45, 2.75) is 11.8 Å². The van der Waals surface area contributed by atoms with Crippen molar-refractivity contribution in [1.29, 1.82) is 0 Å². The number of hydrogen-bond acceptors (Lipinski definition) is 4. The summed E-state index contributed by atoms with van der Waals surface area (Å²) in [7, 11) is -2.39. The van der Waals surface area contributed by atoms with Crippen molar-refractivity contribution < 1.29 is 23.1 Å². The summed E-state index contributed by atoms with van der Waals surface area (Å²) in [6.45, 7) is 1.33. The second-order valence-electron chi connectivity index (χ2n) is 4.04. The van der Waals surface area contributed by atoms with Crippen LogP contribution < -0.4 is 0 Å². The molecule has 0 amide bonds. The van der Waals surface area contributed by atoms with Gasteiger partial charge in [-0.3, -0.25) is 4.79 Å². The summed E-state index contributed by atoms with van der Waals surface area (Å²) in [6.07, 6.45) is 0. The van der Waals surface area contributed by atoms with E-state index in [0.717, 1.165) is 9.87 Å². The number of benzene rings is 1. The monoisotopic (exact) mass is 287 g/mol. The third-order valence-corrected chi connectivity index (χ3v) is 4.32. The Morgan fingerprint density at radius 1 is 1.42 bits per heavy atom. The van der Waals surface area contributed by atoms with Crippen molar-refractivity contribution in [2.24, 2.45) is 0 Å². The van der Waals surface area contributed by atoms with Gasteiger partial charge in [0.25, 0.3) is 0 Å². The molecule has 0 atom stereocenters. The SMILES string of the molecule is COCCN(CC(=O)O)S(=O)(=O)c1cccc(C)c1. The lowest BCUT2D eigenvalue weighted by molar-refractivity contribution is -0.137. The summed E-state index contributed by atoms with van der Waals surface area (Å²) in [5.74, 6) is -1.20. The predicted molar refractivity (Wildman–Crippen MR) is 69.4 cm³/mol. The zero-order chi connectivity index (χ0) is 14.5. The van der Waals surface area contributed by atoms with Crippen molar-refractivity contribution in [3.63, 3.8) is 0 Å². The van der Waals surface area contributed by atoms with Crippen molar-refractivity contribution in [3.05, 3.63) is 29.8 Å². The van der Waals surface area contributed by atoms with Gasteiger partial charge in [-0.1, -0.05) is 12.1 Å². The second-order valence-corrected chi connectivity index (χ2v) is 5.98. The summed E-state index contributed by atoms with van der Waals surface area (Å²) < 4.78 is 30.4. The minimum absolute atomic E-state index is 0.000917. The van der Waals surface area contributed by atoms with Gasteiger partial charge in [-0.15, -0.1) is 0 Å². The topological polar surface area (TPSA) is 83.9 Å². The molecule has 0 radical (unpaired) electrons. The highest BCUT2D eigenvalue weighted by Gasteiger charge is 2.26. The van der Waals surface area contributed by atoms with Gasteiger partial charge < -0.3 is 9.84 Å². The molecular weight excluding hydrogens is 270 g/mol. The maximum Gasteiger partial charge on any atom is 0.318 e. The molecule has 1 aromatic carbocycles. The molecule has 0 aromatic heterocycles. The standard InChI is InChI=1S/C12H17NO5S/c1-10-4-3-5-11(8-10)19(16,17)13(6-7-18-2)9-12(14)15/h3-5,8H,6-7,9H2,1-2H3,(H,14,15). The quantitative estimate of drug-likeness (QED) is 0.798. The van der Waals surface area contributed by atoms with E-state index in [0.29, 0.717) is 0 Å². The highest BCUT2D eigenvalue weighted by molar-refractivity contribution is 7.89. The number of sulfonamides is 1. The van der Waals surface area contributed by atoms with Crippen molar-refractivity contribution >= 4 is 16.0 Å². The molecule has 1 rings (SSSR count). The molecule has 0 fully saturated rings. The van der Waals surface area contributed by atoms with Gasteiger partial charge in [0.05, 0.1) is 11.5 Å². The number of aliphatic carboxylic acids is 1. The molecule has 0 bridgehead atoms. The van der Waals surface area contributed by atoms with E-state index in [-0.39, 0.29) is 18.0 Å². The molecule has 0 spiro atoms. The van der Waals surface area contributed by atoms with Crippen LogP contribution in [0.4, 0.5) is 0 Å². The lowest BCUT2D eigenvalue weighted by Crippen LogP contribution is -2.38. The predicted octanol–water partition coefficient (Wildman–Crippen LogP) is 0.717. The molecule has 0 saturated carbocycles. The van der Waals surface area contributed by atoms with Crippen LogP contribution in [-0.2, 0) is 19.6 Å². The van der Waals surface area contributed by atoms with Gasteiger partial charge in [0.15, 0.2) is 0 Å². The first-order chi connectivity index (χ1) is 8.87. The molecule has 0 heterocycles. The lowest BCUT2D eigenvalue weighted by Gasteiger charge is -2.20. The maximum absolute atomic E-state index is 12.3. The van der Waals surface area contributed by atoms with Crippen LogP contribution in [0.1, 0.15) is 5.56 Å². The number of carboxylic acids is 1. The minimum Gasteiger partial charge on any atom is -0.480 e. The highest BCUT2D eigenvalue weighted by atomic mass is 32.2.